The van der Waals surface area contributed by atoms with Crippen molar-refractivity contribution in [1.29, 1.82) is 0 Å². The quantitative estimate of drug-likeness (QED) is 0.542. The van der Waals surface area contributed by atoms with Crippen LogP contribution in [0.15, 0.2) is 0 Å². The molecular formula is C16H36O8S2. The van der Waals surface area contributed by atoms with Gasteiger partial charge < -0.3 is 23.7 Å². The lowest BCUT2D eigenvalue weighted by Crippen LogP contribution is -1.97. The number of thioether (sulfide) groups is 2. The molecular weight excluding hydrogens is 384 g/mol. The molecule has 160 valence electrons. The molecule has 8 nitrogen and oxygen atoms in total. The van der Waals surface area contributed by atoms with Crippen molar-refractivity contribution in [3.63, 3.8) is 0 Å². The van der Waals surface area contributed by atoms with Crippen molar-refractivity contribution in [2.45, 2.75) is 27.7 Å². The van der Waals surface area contributed by atoms with Crippen LogP contribution in [0.5, 0.6) is 0 Å². The molecule has 0 heterocycles. The molecule has 0 aromatic carbocycles. The number of Topliss-reactive ketones (excluding diaryl/α,β-unsaturated/α-hetero) is 1. The first-order chi connectivity index (χ1) is 11.9. The summed E-state index contributed by atoms with van der Waals surface area (Å²) in [4.78, 5) is 38.5. The fourth-order valence-corrected chi connectivity index (χ4v) is 0.0833. The van der Waals surface area contributed by atoms with Crippen LogP contribution in [0.1, 0.15) is 27.7 Å². The highest BCUT2D eigenvalue weighted by molar-refractivity contribution is 8.12. The third kappa shape index (κ3) is 237. The number of rotatable bonds is 0. The normalized spacial score (nSPS) is 6.77. The molecule has 0 aromatic rings. The molecule has 0 unspecified atom stereocenters. The SMILES string of the molecule is CC(C)=O.COC.COC(=O)OC.COC(C)=O.CSC.CSC(C)=O. The second-order valence-electron chi connectivity index (χ2n) is 3.77. The average Bonchev–Trinajstić information content (AvgIpc) is 2.56. The summed E-state index contributed by atoms with van der Waals surface area (Å²) in [5.41, 5.74) is 0. The lowest BCUT2D eigenvalue weighted by molar-refractivity contribution is -0.138. The molecule has 0 spiro atoms. The molecule has 0 N–H and O–H groups in total. The summed E-state index contributed by atoms with van der Waals surface area (Å²) < 4.78 is 16.4. The minimum absolute atomic E-state index is 0.167. The number of hydrogen-bond acceptors (Lipinski definition) is 10. The van der Waals surface area contributed by atoms with Gasteiger partial charge in [-0.05, 0) is 32.6 Å². The second-order valence-corrected chi connectivity index (χ2v) is 5.57. The van der Waals surface area contributed by atoms with E-state index in [-0.39, 0.29) is 16.9 Å². The van der Waals surface area contributed by atoms with Gasteiger partial charge in [0.05, 0.1) is 21.3 Å². The van der Waals surface area contributed by atoms with E-state index in [9.17, 15) is 19.2 Å². The molecule has 0 aliphatic carbocycles. The number of carbonyl (C=O) groups excluding carboxylic acids is 4. The zero-order chi connectivity index (χ0) is 22.6. The second kappa shape index (κ2) is 43.8. The molecule has 0 aliphatic rings. The Labute approximate surface area is 167 Å². The minimum Gasteiger partial charge on any atom is -0.469 e. The molecule has 0 amide bonds. The highest BCUT2D eigenvalue weighted by Crippen LogP contribution is 1.88. The number of ketones is 1. The van der Waals surface area contributed by atoms with Gasteiger partial charge in [0.15, 0.2) is 5.12 Å². The van der Waals surface area contributed by atoms with Gasteiger partial charge in [-0.1, -0.05) is 11.8 Å². The number of methoxy groups -OCH3 is 4. The van der Waals surface area contributed by atoms with Crippen LogP contribution in [0.25, 0.3) is 0 Å². The van der Waals surface area contributed by atoms with Crippen molar-refractivity contribution >= 4 is 46.5 Å². The zero-order valence-electron chi connectivity index (χ0n) is 18.1. The summed E-state index contributed by atoms with van der Waals surface area (Å²) in [6.07, 6.45) is 5.19. The van der Waals surface area contributed by atoms with Crippen molar-refractivity contribution in [2.24, 2.45) is 0 Å². The number of esters is 1. The Hall–Kier alpha value is -1.26. The summed E-state index contributed by atoms with van der Waals surface area (Å²) in [6, 6.07) is 0. The smallest absolute Gasteiger partial charge is 0.469 e. The van der Waals surface area contributed by atoms with Gasteiger partial charge in [-0.25, -0.2) is 4.79 Å². The maximum atomic E-state index is 9.78. The van der Waals surface area contributed by atoms with Crippen LogP contribution in [0.4, 0.5) is 4.79 Å². The van der Waals surface area contributed by atoms with Crippen LogP contribution >= 0.6 is 23.5 Å². The fourth-order valence-electron chi connectivity index (χ4n) is 0.0833. The average molecular weight is 421 g/mol. The first-order valence-corrected chi connectivity index (χ1v) is 9.76. The van der Waals surface area contributed by atoms with Crippen LogP contribution in [-0.4, -0.2) is 77.3 Å². The molecule has 0 saturated heterocycles. The Balaban J connectivity index is -0.0000000471. The predicted molar refractivity (Wildman–Crippen MR) is 110 cm³/mol. The van der Waals surface area contributed by atoms with Crippen molar-refractivity contribution in [2.75, 3.05) is 54.3 Å². The Morgan fingerprint density at radius 3 is 0.808 bits per heavy atom. The third-order valence-electron chi connectivity index (χ3n) is 0.908. The molecule has 10 heteroatoms. The van der Waals surface area contributed by atoms with Gasteiger partial charge in [0.1, 0.15) is 5.78 Å². The molecule has 0 fully saturated rings. The largest absolute Gasteiger partial charge is 0.507 e. The molecule has 0 rings (SSSR count). The molecule has 0 saturated carbocycles. The summed E-state index contributed by atoms with van der Waals surface area (Å²) in [5, 5.41) is 0.171. The van der Waals surface area contributed by atoms with Crippen molar-refractivity contribution in [1.82, 2.24) is 0 Å². The summed E-state index contributed by atoms with van der Waals surface area (Å²) in [7, 11) is 7.11. The van der Waals surface area contributed by atoms with Crippen LogP contribution in [0.3, 0.4) is 0 Å². The van der Waals surface area contributed by atoms with Crippen molar-refractivity contribution in [3.8, 4) is 0 Å². The minimum atomic E-state index is -0.657. The Morgan fingerprint density at radius 1 is 0.654 bits per heavy atom. The topological polar surface area (TPSA) is 105 Å². The van der Waals surface area contributed by atoms with E-state index >= 15 is 0 Å². The van der Waals surface area contributed by atoms with Gasteiger partial charge in [0.25, 0.3) is 0 Å². The summed E-state index contributed by atoms with van der Waals surface area (Å²) in [6.45, 7) is 5.96. The maximum Gasteiger partial charge on any atom is 0.507 e. The summed E-state index contributed by atoms with van der Waals surface area (Å²) in [5.74, 6) is -0.0787. The fraction of sp³-hybridized carbons (Fsp3) is 0.750. The molecule has 0 aromatic heterocycles. The van der Waals surface area contributed by atoms with Crippen LogP contribution in [0.2, 0.25) is 0 Å². The van der Waals surface area contributed by atoms with E-state index in [0.29, 0.717) is 0 Å². The lowest BCUT2D eigenvalue weighted by Gasteiger charge is -1.89. The number of carbonyl (C=O) groups is 4. The Morgan fingerprint density at radius 2 is 0.808 bits per heavy atom. The van der Waals surface area contributed by atoms with E-state index in [2.05, 4.69) is 18.9 Å². The van der Waals surface area contributed by atoms with Gasteiger partial charge in [-0.15, -0.1) is 0 Å². The van der Waals surface area contributed by atoms with Gasteiger partial charge in [-0.3, -0.25) is 9.59 Å². The third-order valence-corrected chi connectivity index (χ3v) is 1.48. The van der Waals surface area contributed by atoms with E-state index in [1.165, 1.54) is 53.9 Å². The van der Waals surface area contributed by atoms with E-state index in [0.717, 1.165) is 0 Å². The van der Waals surface area contributed by atoms with Gasteiger partial charge in [0, 0.05) is 28.1 Å². The number of hydrogen-bond donors (Lipinski definition) is 0. The van der Waals surface area contributed by atoms with Crippen LogP contribution in [-0.2, 0) is 33.3 Å². The lowest BCUT2D eigenvalue weighted by atomic mass is 10.6. The molecule has 0 radical (unpaired) electrons. The van der Waals surface area contributed by atoms with E-state index in [4.69, 9.17) is 0 Å². The van der Waals surface area contributed by atoms with Gasteiger partial charge in [0.2, 0.25) is 0 Å². The van der Waals surface area contributed by atoms with Gasteiger partial charge in [-0.2, -0.15) is 11.8 Å². The highest BCUT2D eigenvalue weighted by Gasteiger charge is 1.88. The van der Waals surface area contributed by atoms with Crippen molar-refractivity contribution < 1.29 is 38.1 Å². The summed E-state index contributed by atoms with van der Waals surface area (Å²) >= 11 is 2.99. The first kappa shape index (κ1) is 39.7. The first-order valence-electron chi connectivity index (χ1n) is 6.90. The Kier molecular flexibility index (Phi) is 66.9. The van der Waals surface area contributed by atoms with E-state index < -0.39 is 6.16 Å². The van der Waals surface area contributed by atoms with Gasteiger partial charge >= 0.3 is 12.1 Å². The molecule has 0 atom stereocenters. The zero-order valence-corrected chi connectivity index (χ0v) is 19.7. The highest BCUT2D eigenvalue weighted by atomic mass is 32.2. The molecule has 26 heavy (non-hydrogen) atoms. The van der Waals surface area contributed by atoms with Crippen LogP contribution < -0.4 is 0 Å². The van der Waals surface area contributed by atoms with Crippen molar-refractivity contribution in [3.05, 3.63) is 0 Å². The van der Waals surface area contributed by atoms with E-state index in [1.54, 1.807) is 39.2 Å². The predicted octanol–water partition coefficient (Wildman–Crippen LogP) is 3.31. The van der Waals surface area contributed by atoms with Crippen LogP contribution in [0, 0.1) is 0 Å². The standard InChI is InChI=1S/C3H6O3.C3H6O2.C3H6OS.C3H6O.C2H6O.C2H6S/c1-5-3(4)6-2;2*1-3(4)5-2;1-3(2)4;2*1-3-2/h1-2H3;2*1-2H3;1-2H3;2*1-2H3. The molecule has 0 aliphatic heterocycles. The maximum absolute atomic E-state index is 9.78. The number of ether oxygens (including phenoxy) is 4. The monoisotopic (exact) mass is 420 g/mol. The van der Waals surface area contributed by atoms with E-state index in [1.807, 2.05) is 12.5 Å². The molecule has 0 bridgehead atoms. The Bertz CT molecular complexity index is 285.